The molecular weight excluding hydrogens is 243 g/mol. The number of nitrogens with two attached hydrogens (primary N) is 1. The van der Waals surface area contributed by atoms with Crippen LogP contribution in [0.1, 0.15) is 18.4 Å². The van der Waals surface area contributed by atoms with E-state index in [1.54, 1.807) is 0 Å². The number of halogens is 2. The summed E-state index contributed by atoms with van der Waals surface area (Å²) in [6.07, 6.45) is 2.50. The van der Waals surface area contributed by atoms with Crippen molar-refractivity contribution in [3.8, 4) is 0 Å². The van der Waals surface area contributed by atoms with Crippen LogP contribution in [0.5, 0.6) is 0 Å². The van der Waals surface area contributed by atoms with E-state index in [2.05, 4.69) is 5.32 Å². The van der Waals surface area contributed by atoms with E-state index < -0.39 is 0 Å². The number of benzene rings is 1. The standard InChI is InChI=1S/C12H16Cl2N2/c13-10-2-1-9(5-11(10)14)6-16-8-12(7-15)3-4-12/h1-2,5,16H,3-4,6-8,15H2. The zero-order chi connectivity index (χ0) is 11.6. The van der Waals surface area contributed by atoms with Gasteiger partial charge in [0.1, 0.15) is 0 Å². The van der Waals surface area contributed by atoms with E-state index in [0.717, 1.165) is 25.2 Å². The van der Waals surface area contributed by atoms with E-state index in [-0.39, 0.29) is 0 Å². The lowest BCUT2D eigenvalue weighted by atomic mass is 10.1. The van der Waals surface area contributed by atoms with E-state index in [1.165, 1.54) is 12.8 Å². The van der Waals surface area contributed by atoms with Crippen LogP contribution in [0.4, 0.5) is 0 Å². The smallest absolute Gasteiger partial charge is 0.0595 e. The fraction of sp³-hybridized carbons (Fsp3) is 0.500. The molecule has 1 fully saturated rings. The molecular formula is C12H16Cl2N2. The van der Waals surface area contributed by atoms with Crippen molar-refractivity contribution in [1.29, 1.82) is 0 Å². The van der Waals surface area contributed by atoms with E-state index >= 15 is 0 Å². The maximum atomic E-state index is 5.94. The van der Waals surface area contributed by atoms with Gasteiger partial charge in [0.25, 0.3) is 0 Å². The van der Waals surface area contributed by atoms with Crippen molar-refractivity contribution in [3.05, 3.63) is 33.8 Å². The quantitative estimate of drug-likeness (QED) is 0.853. The topological polar surface area (TPSA) is 38.0 Å². The number of hydrogen-bond donors (Lipinski definition) is 2. The first-order valence-corrected chi connectivity index (χ1v) is 6.26. The Bertz CT molecular complexity index is 375. The average molecular weight is 259 g/mol. The molecule has 0 radical (unpaired) electrons. The molecule has 0 aliphatic heterocycles. The second-order valence-corrected chi connectivity index (χ2v) is 5.37. The summed E-state index contributed by atoms with van der Waals surface area (Å²) in [4.78, 5) is 0. The van der Waals surface area contributed by atoms with Gasteiger partial charge in [-0.1, -0.05) is 29.3 Å². The summed E-state index contributed by atoms with van der Waals surface area (Å²) in [5.41, 5.74) is 7.24. The van der Waals surface area contributed by atoms with E-state index in [0.29, 0.717) is 15.5 Å². The third-order valence-corrected chi connectivity index (χ3v) is 3.94. The van der Waals surface area contributed by atoms with Crippen LogP contribution >= 0.6 is 23.2 Å². The molecule has 1 aliphatic carbocycles. The van der Waals surface area contributed by atoms with Gasteiger partial charge in [-0.2, -0.15) is 0 Å². The molecule has 0 unspecified atom stereocenters. The lowest BCUT2D eigenvalue weighted by Gasteiger charge is -2.13. The Morgan fingerprint density at radius 1 is 1.25 bits per heavy atom. The molecule has 0 heterocycles. The highest BCUT2D eigenvalue weighted by atomic mass is 35.5. The molecule has 0 atom stereocenters. The maximum Gasteiger partial charge on any atom is 0.0595 e. The summed E-state index contributed by atoms with van der Waals surface area (Å²) in [5.74, 6) is 0. The first-order chi connectivity index (χ1) is 7.65. The highest BCUT2D eigenvalue weighted by Crippen LogP contribution is 2.43. The highest BCUT2D eigenvalue weighted by Gasteiger charge is 2.40. The van der Waals surface area contributed by atoms with Gasteiger partial charge in [0, 0.05) is 13.1 Å². The Kier molecular flexibility index (Phi) is 3.75. The molecule has 0 amide bonds. The van der Waals surface area contributed by atoms with Gasteiger partial charge in [0.2, 0.25) is 0 Å². The Morgan fingerprint density at radius 2 is 2.00 bits per heavy atom. The monoisotopic (exact) mass is 258 g/mol. The van der Waals surface area contributed by atoms with Crippen LogP contribution in [-0.2, 0) is 6.54 Å². The Balaban J connectivity index is 1.83. The van der Waals surface area contributed by atoms with Crippen LogP contribution in [0.2, 0.25) is 10.0 Å². The highest BCUT2D eigenvalue weighted by molar-refractivity contribution is 6.42. The molecule has 2 rings (SSSR count). The molecule has 1 aliphatic rings. The minimum Gasteiger partial charge on any atom is -0.330 e. The number of nitrogens with one attached hydrogen (secondary N) is 1. The summed E-state index contributed by atoms with van der Waals surface area (Å²) in [7, 11) is 0. The molecule has 0 bridgehead atoms. The molecule has 3 N–H and O–H groups in total. The minimum atomic E-state index is 0.371. The van der Waals surface area contributed by atoms with Crippen molar-refractivity contribution < 1.29 is 0 Å². The first-order valence-electron chi connectivity index (χ1n) is 5.50. The van der Waals surface area contributed by atoms with Crippen LogP contribution in [0, 0.1) is 5.41 Å². The van der Waals surface area contributed by atoms with Crippen LogP contribution in [-0.4, -0.2) is 13.1 Å². The van der Waals surface area contributed by atoms with Crippen LogP contribution in [0.25, 0.3) is 0 Å². The number of rotatable bonds is 5. The van der Waals surface area contributed by atoms with Crippen molar-refractivity contribution in [3.63, 3.8) is 0 Å². The molecule has 88 valence electrons. The van der Waals surface area contributed by atoms with Crippen molar-refractivity contribution >= 4 is 23.2 Å². The molecule has 0 aromatic heterocycles. The molecule has 16 heavy (non-hydrogen) atoms. The predicted molar refractivity (Wildman–Crippen MR) is 68.9 cm³/mol. The van der Waals surface area contributed by atoms with Gasteiger partial charge in [-0.3, -0.25) is 0 Å². The van der Waals surface area contributed by atoms with Crippen molar-refractivity contribution in [1.82, 2.24) is 5.32 Å². The molecule has 2 nitrogen and oxygen atoms in total. The first kappa shape index (κ1) is 12.2. The van der Waals surface area contributed by atoms with Crippen LogP contribution in [0.15, 0.2) is 18.2 Å². The van der Waals surface area contributed by atoms with E-state index in [9.17, 15) is 0 Å². The van der Waals surface area contributed by atoms with Crippen LogP contribution in [0.3, 0.4) is 0 Å². The molecule has 0 spiro atoms. The third-order valence-electron chi connectivity index (χ3n) is 3.20. The Hall–Kier alpha value is -0.280. The van der Waals surface area contributed by atoms with Gasteiger partial charge >= 0.3 is 0 Å². The zero-order valence-corrected chi connectivity index (χ0v) is 10.6. The SMILES string of the molecule is NCC1(CNCc2ccc(Cl)c(Cl)c2)CC1. The molecule has 1 aromatic carbocycles. The lowest BCUT2D eigenvalue weighted by molar-refractivity contribution is 0.468. The Morgan fingerprint density at radius 3 is 2.56 bits per heavy atom. The summed E-state index contributed by atoms with van der Waals surface area (Å²) >= 11 is 11.8. The minimum absolute atomic E-state index is 0.371. The average Bonchev–Trinajstić information content (AvgIpc) is 3.04. The van der Waals surface area contributed by atoms with Gasteiger partial charge in [-0.15, -0.1) is 0 Å². The third kappa shape index (κ3) is 2.89. The van der Waals surface area contributed by atoms with Gasteiger partial charge in [0.15, 0.2) is 0 Å². The fourth-order valence-corrected chi connectivity index (χ4v) is 2.07. The fourth-order valence-electron chi connectivity index (χ4n) is 1.75. The van der Waals surface area contributed by atoms with Gasteiger partial charge in [-0.05, 0) is 42.5 Å². The van der Waals surface area contributed by atoms with Gasteiger partial charge < -0.3 is 11.1 Å². The maximum absolute atomic E-state index is 5.94. The Labute approximate surface area is 106 Å². The van der Waals surface area contributed by atoms with Gasteiger partial charge in [-0.25, -0.2) is 0 Å². The molecule has 1 saturated carbocycles. The van der Waals surface area contributed by atoms with Crippen molar-refractivity contribution in [2.24, 2.45) is 11.1 Å². The van der Waals surface area contributed by atoms with Crippen molar-refractivity contribution in [2.45, 2.75) is 19.4 Å². The van der Waals surface area contributed by atoms with Crippen LogP contribution < -0.4 is 11.1 Å². The summed E-state index contributed by atoms with van der Waals surface area (Å²) in [5, 5.41) is 4.64. The molecule has 1 aromatic rings. The van der Waals surface area contributed by atoms with E-state index in [4.69, 9.17) is 28.9 Å². The second kappa shape index (κ2) is 4.92. The van der Waals surface area contributed by atoms with E-state index in [1.807, 2.05) is 18.2 Å². The summed E-state index contributed by atoms with van der Waals surface area (Å²) in [6.45, 7) is 2.59. The predicted octanol–water partition coefficient (Wildman–Crippen LogP) is 2.82. The second-order valence-electron chi connectivity index (χ2n) is 4.56. The largest absolute Gasteiger partial charge is 0.330 e. The van der Waals surface area contributed by atoms with Crippen molar-refractivity contribution in [2.75, 3.05) is 13.1 Å². The zero-order valence-electron chi connectivity index (χ0n) is 9.10. The van der Waals surface area contributed by atoms with Gasteiger partial charge in [0.05, 0.1) is 10.0 Å². The normalized spacial score (nSPS) is 17.4. The molecule has 4 heteroatoms. The molecule has 0 saturated heterocycles. The lowest BCUT2D eigenvalue weighted by Crippen LogP contribution is -2.29. The summed E-state index contributed by atoms with van der Waals surface area (Å²) in [6, 6.07) is 5.72. The number of hydrogen-bond acceptors (Lipinski definition) is 2. The summed E-state index contributed by atoms with van der Waals surface area (Å²) < 4.78 is 0.